The minimum atomic E-state index is -0.414. The zero-order chi connectivity index (χ0) is 16.9. The lowest BCUT2D eigenvalue weighted by Gasteiger charge is -2.34. The largest absolute Gasteiger partial charge is 0.497 e. The van der Waals surface area contributed by atoms with Gasteiger partial charge in [-0.3, -0.25) is 4.90 Å². The Kier molecular flexibility index (Phi) is 5.10. The van der Waals surface area contributed by atoms with Crippen LogP contribution in [0.5, 0.6) is 11.5 Å². The van der Waals surface area contributed by atoms with Gasteiger partial charge in [-0.15, -0.1) is 0 Å². The predicted molar refractivity (Wildman–Crippen MR) is 89.0 cm³/mol. The van der Waals surface area contributed by atoms with Crippen LogP contribution in [0.4, 0.5) is 10.3 Å². The molecule has 24 heavy (non-hydrogen) atoms. The summed E-state index contributed by atoms with van der Waals surface area (Å²) in [7, 11) is 3.34. The maximum Gasteiger partial charge on any atom is 0.225 e. The second-order valence-electron chi connectivity index (χ2n) is 5.64. The molecule has 2 heterocycles. The monoisotopic (exact) mass is 332 g/mol. The lowest BCUT2D eigenvalue weighted by atomic mass is 10.1. The topological polar surface area (TPSA) is 50.7 Å². The molecule has 0 aliphatic carbocycles. The van der Waals surface area contributed by atoms with Crippen molar-refractivity contribution >= 4 is 5.95 Å². The fourth-order valence-corrected chi connectivity index (χ4v) is 2.82. The molecule has 0 amide bonds. The number of piperazine rings is 1. The van der Waals surface area contributed by atoms with E-state index in [0.29, 0.717) is 5.95 Å². The van der Waals surface area contributed by atoms with Crippen molar-refractivity contribution in [2.45, 2.75) is 6.54 Å². The molecule has 1 aliphatic rings. The molecule has 0 spiro atoms. The summed E-state index contributed by atoms with van der Waals surface area (Å²) in [5.41, 5.74) is 1.10. The summed E-state index contributed by atoms with van der Waals surface area (Å²) in [6.45, 7) is 4.15. The average molecular weight is 332 g/mol. The Balaban J connectivity index is 1.62. The zero-order valence-corrected chi connectivity index (χ0v) is 13.9. The number of hydrogen-bond donors (Lipinski definition) is 0. The highest BCUT2D eigenvalue weighted by Gasteiger charge is 2.20. The normalized spacial score (nSPS) is 15.4. The van der Waals surface area contributed by atoms with Gasteiger partial charge in [-0.25, -0.2) is 14.4 Å². The van der Waals surface area contributed by atoms with Gasteiger partial charge < -0.3 is 14.4 Å². The lowest BCUT2D eigenvalue weighted by molar-refractivity contribution is 0.244. The Labute approximate surface area is 140 Å². The summed E-state index contributed by atoms with van der Waals surface area (Å²) in [4.78, 5) is 12.5. The van der Waals surface area contributed by atoms with E-state index in [1.807, 2.05) is 18.2 Å². The van der Waals surface area contributed by atoms with Gasteiger partial charge in [0.25, 0.3) is 0 Å². The molecule has 0 unspecified atom stereocenters. The quantitative estimate of drug-likeness (QED) is 0.834. The van der Waals surface area contributed by atoms with Crippen molar-refractivity contribution in [3.8, 4) is 11.5 Å². The maximum atomic E-state index is 12.9. The molecule has 2 aromatic rings. The van der Waals surface area contributed by atoms with Crippen LogP contribution in [-0.4, -0.2) is 55.3 Å². The Hall–Kier alpha value is -2.41. The van der Waals surface area contributed by atoms with Gasteiger partial charge in [0, 0.05) is 38.3 Å². The van der Waals surface area contributed by atoms with Gasteiger partial charge >= 0.3 is 0 Å². The summed E-state index contributed by atoms with van der Waals surface area (Å²) < 4.78 is 23.7. The van der Waals surface area contributed by atoms with Crippen molar-refractivity contribution in [3.63, 3.8) is 0 Å². The number of benzene rings is 1. The molecule has 1 fully saturated rings. The van der Waals surface area contributed by atoms with E-state index >= 15 is 0 Å². The number of methoxy groups -OCH3 is 2. The highest BCUT2D eigenvalue weighted by Crippen LogP contribution is 2.25. The van der Waals surface area contributed by atoms with Crippen LogP contribution in [-0.2, 0) is 6.54 Å². The van der Waals surface area contributed by atoms with E-state index < -0.39 is 5.82 Å². The summed E-state index contributed by atoms with van der Waals surface area (Å²) in [5, 5.41) is 0. The van der Waals surface area contributed by atoms with Crippen molar-refractivity contribution in [2.75, 3.05) is 45.3 Å². The van der Waals surface area contributed by atoms with Crippen molar-refractivity contribution in [1.82, 2.24) is 14.9 Å². The highest BCUT2D eigenvalue weighted by molar-refractivity contribution is 5.40. The molecular weight excluding hydrogens is 311 g/mol. The second kappa shape index (κ2) is 7.44. The third kappa shape index (κ3) is 3.73. The van der Waals surface area contributed by atoms with Gasteiger partial charge in [0.1, 0.15) is 11.5 Å². The summed E-state index contributed by atoms with van der Waals surface area (Å²) >= 11 is 0. The van der Waals surface area contributed by atoms with Crippen LogP contribution < -0.4 is 14.4 Å². The first-order valence-electron chi connectivity index (χ1n) is 7.85. The van der Waals surface area contributed by atoms with E-state index in [9.17, 15) is 4.39 Å². The first-order valence-corrected chi connectivity index (χ1v) is 7.85. The van der Waals surface area contributed by atoms with Crippen molar-refractivity contribution in [1.29, 1.82) is 0 Å². The molecule has 0 atom stereocenters. The Morgan fingerprint density at radius 3 is 2.38 bits per heavy atom. The molecule has 1 aromatic heterocycles. The minimum Gasteiger partial charge on any atom is -0.497 e. The van der Waals surface area contributed by atoms with Gasteiger partial charge in [-0.2, -0.15) is 0 Å². The second-order valence-corrected chi connectivity index (χ2v) is 5.64. The van der Waals surface area contributed by atoms with Gasteiger partial charge in [0.2, 0.25) is 5.95 Å². The third-order valence-electron chi connectivity index (χ3n) is 4.14. The van der Waals surface area contributed by atoms with Crippen LogP contribution in [0.3, 0.4) is 0 Å². The van der Waals surface area contributed by atoms with Crippen molar-refractivity contribution in [3.05, 3.63) is 42.0 Å². The van der Waals surface area contributed by atoms with Gasteiger partial charge in [-0.1, -0.05) is 0 Å². The number of rotatable bonds is 5. The number of aromatic nitrogens is 2. The summed E-state index contributed by atoms with van der Waals surface area (Å²) in [5.74, 6) is 1.85. The molecule has 0 radical (unpaired) electrons. The number of nitrogens with zero attached hydrogens (tertiary/aromatic N) is 4. The van der Waals surface area contributed by atoms with E-state index in [2.05, 4.69) is 19.8 Å². The number of halogens is 1. The molecule has 1 aliphatic heterocycles. The number of ether oxygens (including phenoxy) is 2. The Bertz CT molecular complexity index is 673. The fraction of sp³-hybridized carbons (Fsp3) is 0.412. The Morgan fingerprint density at radius 2 is 1.75 bits per heavy atom. The van der Waals surface area contributed by atoms with Crippen molar-refractivity contribution < 1.29 is 13.9 Å². The van der Waals surface area contributed by atoms with Gasteiger partial charge in [-0.05, 0) is 18.2 Å². The first kappa shape index (κ1) is 16.4. The predicted octanol–water partition coefficient (Wildman–Crippen LogP) is 1.96. The van der Waals surface area contributed by atoms with Crippen LogP contribution in [0.2, 0.25) is 0 Å². The standard InChI is InChI=1S/C17H21FN4O2/c1-23-15-3-4-16(24-2)13(9-15)12-21-5-7-22(8-6-21)17-19-10-14(18)11-20-17/h3-4,9-11H,5-8,12H2,1-2H3. The molecule has 7 heteroatoms. The highest BCUT2D eigenvalue weighted by atomic mass is 19.1. The molecule has 0 bridgehead atoms. The molecule has 6 nitrogen and oxygen atoms in total. The van der Waals surface area contributed by atoms with E-state index in [1.54, 1.807) is 14.2 Å². The van der Waals surface area contributed by atoms with Gasteiger partial charge in [0.05, 0.1) is 26.6 Å². The van der Waals surface area contributed by atoms with Crippen LogP contribution in [0.15, 0.2) is 30.6 Å². The molecular formula is C17H21FN4O2. The first-order chi connectivity index (χ1) is 11.7. The Morgan fingerprint density at radius 1 is 1.04 bits per heavy atom. The molecule has 3 rings (SSSR count). The molecule has 0 N–H and O–H groups in total. The summed E-state index contributed by atoms with van der Waals surface area (Å²) in [6.07, 6.45) is 2.41. The van der Waals surface area contributed by atoms with E-state index in [4.69, 9.17) is 9.47 Å². The number of hydrogen-bond acceptors (Lipinski definition) is 6. The van der Waals surface area contributed by atoms with E-state index in [-0.39, 0.29) is 0 Å². The molecule has 128 valence electrons. The third-order valence-corrected chi connectivity index (χ3v) is 4.14. The molecule has 1 aromatic carbocycles. The lowest BCUT2D eigenvalue weighted by Crippen LogP contribution is -2.46. The van der Waals surface area contributed by atoms with E-state index in [0.717, 1.165) is 49.8 Å². The fourth-order valence-electron chi connectivity index (χ4n) is 2.82. The number of anilines is 1. The minimum absolute atomic E-state index is 0.414. The van der Waals surface area contributed by atoms with Crippen LogP contribution in [0.25, 0.3) is 0 Å². The molecule has 1 saturated heterocycles. The molecule has 0 saturated carbocycles. The van der Waals surface area contributed by atoms with Crippen LogP contribution >= 0.6 is 0 Å². The average Bonchev–Trinajstić information content (AvgIpc) is 2.63. The zero-order valence-electron chi connectivity index (χ0n) is 13.9. The van der Waals surface area contributed by atoms with E-state index in [1.165, 1.54) is 12.4 Å². The van der Waals surface area contributed by atoms with Crippen LogP contribution in [0, 0.1) is 5.82 Å². The smallest absolute Gasteiger partial charge is 0.225 e. The van der Waals surface area contributed by atoms with Gasteiger partial charge in [0.15, 0.2) is 5.82 Å². The SMILES string of the molecule is COc1ccc(OC)c(CN2CCN(c3ncc(F)cn3)CC2)c1. The van der Waals surface area contributed by atoms with Crippen LogP contribution in [0.1, 0.15) is 5.56 Å². The van der Waals surface area contributed by atoms with Crippen molar-refractivity contribution in [2.24, 2.45) is 0 Å². The summed E-state index contributed by atoms with van der Waals surface area (Å²) in [6, 6.07) is 5.83. The maximum absolute atomic E-state index is 12.9.